The Morgan fingerprint density at radius 1 is 1.09 bits per heavy atom. The molecular weight excluding hydrogens is 288 g/mol. The molecule has 0 atom stereocenters. The molecule has 1 aliphatic heterocycles. The van der Waals surface area contributed by atoms with E-state index in [1.807, 2.05) is 18.3 Å². The van der Waals surface area contributed by atoms with Gasteiger partial charge in [-0.3, -0.25) is 0 Å². The molecule has 1 aromatic carbocycles. The summed E-state index contributed by atoms with van der Waals surface area (Å²) >= 11 is 0. The van der Waals surface area contributed by atoms with E-state index in [4.69, 9.17) is 15.6 Å². The van der Waals surface area contributed by atoms with E-state index in [0.717, 1.165) is 37.4 Å². The first-order valence-electron chi connectivity index (χ1n) is 8.49. The first-order chi connectivity index (χ1) is 11.3. The Morgan fingerprint density at radius 2 is 1.78 bits per heavy atom. The Kier molecular flexibility index (Phi) is 3.73. The van der Waals surface area contributed by atoms with Gasteiger partial charge in [0.2, 0.25) is 0 Å². The smallest absolute Gasteiger partial charge is 0.119 e. The lowest BCUT2D eigenvalue weighted by atomic mass is 10.1. The van der Waals surface area contributed by atoms with Gasteiger partial charge in [0.05, 0.1) is 30.4 Å². The minimum absolute atomic E-state index is 0.354. The molecule has 2 aliphatic rings. The topological polar surface area (TPSA) is 56.3 Å². The molecule has 23 heavy (non-hydrogen) atoms. The molecule has 4 rings (SSSR count). The summed E-state index contributed by atoms with van der Waals surface area (Å²) in [6.45, 7) is 2.07. The third kappa shape index (κ3) is 2.81. The molecule has 5 heteroatoms. The lowest BCUT2D eigenvalue weighted by Gasteiger charge is -2.32. The summed E-state index contributed by atoms with van der Waals surface area (Å²) in [6, 6.07) is 8.49. The van der Waals surface area contributed by atoms with Crippen LogP contribution in [0.3, 0.4) is 0 Å². The minimum Gasteiger partial charge on any atom is -0.497 e. The fourth-order valence-corrected chi connectivity index (χ4v) is 3.40. The van der Waals surface area contributed by atoms with E-state index in [-0.39, 0.29) is 0 Å². The van der Waals surface area contributed by atoms with Gasteiger partial charge in [-0.05, 0) is 49.9 Å². The zero-order valence-electron chi connectivity index (χ0n) is 13.6. The van der Waals surface area contributed by atoms with E-state index in [2.05, 4.69) is 21.7 Å². The van der Waals surface area contributed by atoms with Gasteiger partial charge in [-0.15, -0.1) is 0 Å². The van der Waals surface area contributed by atoms with Crippen molar-refractivity contribution in [3.05, 3.63) is 36.2 Å². The van der Waals surface area contributed by atoms with Crippen LogP contribution in [0.4, 0.5) is 5.69 Å². The predicted octanol–water partition coefficient (Wildman–Crippen LogP) is 2.69. The van der Waals surface area contributed by atoms with Crippen LogP contribution >= 0.6 is 0 Å². The number of hydrogen-bond donors (Lipinski definition) is 1. The van der Waals surface area contributed by atoms with Crippen LogP contribution in [0.5, 0.6) is 5.75 Å². The summed E-state index contributed by atoms with van der Waals surface area (Å²) in [5.74, 6) is 1.52. The Bertz CT molecular complexity index is 667. The quantitative estimate of drug-likeness (QED) is 0.943. The summed E-state index contributed by atoms with van der Waals surface area (Å²) in [6.07, 6.45) is 6.70. The van der Waals surface area contributed by atoms with Crippen LogP contribution in [-0.4, -0.2) is 36.0 Å². The van der Waals surface area contributed by atoms with Crippen LogP contribution in [-0.2, 0) is 0 Å². The SMILES string of the molecule is COc1ccc(-n2ncc(N3CCC(N)CC3)c2C2CC2)cc1. The zero-order valence-corrected chi connectivity index (χ0v) is 13.6. The standard InChI is InChI=1S/C18H24N4O/c1-23-16-6-4-15(5-7-16)22-18(13-2-3-13)17(12-20-22)21-10-8-14(19)9-11-21/h4-7,12-14H,2-3,8-11,19H2,1H3. The van der Waals surface area contributed by atoms with Gasteiger partial charge in [0, 0.05) is 25.0 Å². The van der Waals surface area contributed by atoms with Crippen molar-refractivity contribution in [2.45, 2.75) is 37.6 Å². The monoisotopic (exact) mass is 312 g/mol. The van der Waals surface area contributed by atoms with Gasteiger partial charge in [-0.25, -0.2) is 4.68 Å². The highest BCUT2D eigenvalue weighted by Gasteiger charge is 2.33. The molecule has 2 fully saturated rings. The second-order valence-electron chi connectivity index (χ2n) is 6.62. The Morgan fingerprint density at radius 3 is 2.39 bits per heavy atom. The maximum absolute atomic E-state index is 6.05. The summed E-state index contributed by atoms with van der Waals surface area (Å²) in [5.41, 5.74) is 9.82. The highest BCUT2D eigenvalue weighted by Crippen LogP contribution is 2.45. The van der Waals surface area contributed by atoms with Crippen LogP contribution in [0.25, 0.3) is 5.69 Å². The van der Waals surface area contributed by atoms with Crippen LogP contribution in [0.2, 0.25) is 0 Å². The van der Waals surface area contributed by atoms with E-state index in [1.54, 1.807) is 7.11 Å². The lowest BCUT2D eigenvalue weighted by Crippen LogP contribution is -2.39. The van der Waals surface area contributed by atoms with Crippen molar-refractivity contribution < 1.29 is 4.74 Å². The predicted molar refractivity (Wildman–Crippen MR) is 91.5 cm³/mol. The molecule has 122 valence electrons. The van der Waals surface area contributed by atoms with Crippen molar-refractivity contribution in [2.75, 3.05) is 25.1 Å². The van der Waals surface area contributed by atoms with Crippen molar-refractivity contribution in [1.82, 2.24) is 9.78 Å². The van der Waals surface area contributed by atoms with Gasteiger partial charge < -0.3 is 15.4 Å². The largest absolute Gasteiger partial charge is 0.497 e. The highest BCUT2D eigenvalue weighted by molar-refractivity contribution is 5.56. The molecule has 2 heterocycles. The Hall–Kier alpha value is -2.01. The first-order valence-corrected chi connectivity index (χ1v) is 8.49. The van der Waals surface area contributed by atoms with Crippen molar-refractivity contribution in [2.24, 2.45) is 5.73 Å². The number of ether oxygens (including phenoxy) is 1. The van der Waals surface area contributed by atoms with Crippen LogP contribution < -0.4 is 15.4 Å². The van der Waals surface area contributed by atoms with Crippen molar-refractivity contribution >= 4 is 5.69 Å². The molecular formula is C18H24N4O. The van der Waals surface area contributed by atoms with Gasteiger partial charge in [-0.1, -0.05) is 0 Å². The van der Waals surface area contributed by atoms with E-state index < -0.39 is 0 Å². The summed E-state index contributed by atoms with van der Waals surface area (Å²) in [5, 5.41) is 4.70. The van der Waals surface area contributed by atoms with E-state index in [0.29, 0.717) is 12.0 Å². The van der Waals surface area contributed by atoms with Crippen molar-refractivity contribution in [3.8, 4) is 11.4 Å². The number of benzene rings is 1. The minimum atomic E-state index is 0.354. The summed E-state index contributed by atoms with van der Waals surface area (Å²) in [7, 11) is 1.69. The second-order valence-corrected chi connectivity index (χ2v) is 6.62. The van der Waals surface area contributed by atoms with E-state index in [9.17, 15) is 0 Å². The Labute approximate surface area is 137 Å². The molecule has 0 amide bonds. The van der Waals surface area contributed by atoms with Gasteiger partial charge in [0.1, 0.15) is 5.75 Å². The third-order valence-corrected chi connectivity index (χ3v) is 4.95. The molecule has 0 radical (unpaired) electrons. The number of rotatable bonds is 4. The number of nitrogens with two attached hydrogens (primary N) is 1. The van der Waals surface area contributed by atoms with Crippen molar-refractivity contribution in [1.29, 1.82) is 0 Å². The average molecular weight is 312 g/mol. The molecule has 1 aromatic heterocycles. The van der Waals surface area contributed by atoms with E-state index in [1.165, 1.54) is 24.2 Å². The third-order valence-electron chi connectivity index (χ3n) is 4.95. The number of methoxy groups -OCH3 is 1. The normalized spacial score (nSPS) is 19.1. The molecule has 2 aromatic rings. The first kappa shape index (κ1) is 14.6. The van der Waals surface area contributed by atoms with Gasteiger partial charge in [-0.2, -0.15) is 5.10 Å². The average Bonchev–Trinajstić information content (AvgIpc) is 3.34. The molecule has 1 saturated carbocycles. The van der Waals surface area contributed by atoms with Gasteiger partial charge in [0.25, 0.3) is 0 Å². The molecule has 0 spiro atoms. The molecule has 1 aliphatic carbocycles. The maximum Gasteiger partial charge on any atom is 0.119 e. The fourth-order valence-electron chi connectivity index (χ4n) is 3.40. The zero-order chi connectivity index (χ0) is 15.8. The lowest BCUT2D eigenvalue weighted by molar-refractivity contribution is 0.414. The molecule has 0 unspecified atom stereocenters. The number of aromatic nitrogens is 2. The van der Waals surface area contributed by atoms with E-state index >= 15 is 0 Å². The van der Waals surface area contributed by atoms with Crippen LogP contribution in [0.15, 0.2) is 30.5 Å². The molecule has 5 nitrogen and oxygen atoms in total. The fraction of sp³-hybridized carbons (Fsp3) is 0.500. The maximum atomic E-state index is 6.05. The molecule has 2 N–H and O–H groups in total. The van der Waals surface area contributed by atoms with Gasteiger partial charge in [0.15, 0.2) is 0 Å². The van der Waals surface area contributed by atoms with Crippen molar-refractivity contribution in [3.63, 3.8) is 0 Å². The highest BCUT2D eigenvalue weighted by atomic mass is 16.5. The number of anilines is 1. The molecule has 1 saturated heterocycles. The summed E-state index contributed by atoms with van der Waals surface area (Å²) in [4.78, 5) is 2.46. The summed E-state index contributed by atoms with van der Waals surface area (Å²) < 4.78 is 7.37. The van der Waals surface area contributed by atoms with Crippen LogP contribution in [0, 0.1) is 0 Å². The number of nitrogens with zero attached hydrogens (tertiary/aromatic N) is 3. The van der Waals surface area contributed by atoms with Gasteiger partial charge >= 0.3 is 0 Å². The number of piperidine rings is 1. The Balaban J connectivity index is 1.67. The second kappa shape index (κ2) is 5.89. The van der Waals surface area contributed by atoms with Crippen LogP contribution in [0.1, 0.15) is 37.3 Å². The number of hydrogen-bond acceptors (Lipinski definition) is 4. The molecule has 0 bridgehead atoms.